The molecule has 1 unspecified atom stereocenters. The quantitative estimate of drug-likeness (QED) is 0.901. The van der Waals surface area contributed by atoms with Crippen molar-refractivity contribution in [1.82, 2.24) is 0 Å². The van der Waals surface area contributed by atoms with E-state index in [1.54, 1.807) is 0 Å². The van der Waals surface area contributed by atoms with E-state index in [-0.39, 0.29) is 0 Å². The van der Waals surface area contributed by atoms with Crippen LogP contribution in [0.1, 0.15) is 23.6 Å². The van der Waals surface area contributed by atoms with E-state index in [2.05, 4.69) is 29.6 Å². The maximum atomic E-state index is 6.37. The summed E-state index contributed by atoms with van der Waals surface area (Å²) in [5, 5.41) is 4.22. The molecule has 1 aliphatic heterocycles. The summed E-state index contributed by atoms with van der Waals surface area (Å²) in [5.74, 6) is 1.49. The molecule has 0 spiro atoms. The minimum Gasteiger partial charge on any atom is -0.486 e. The predicted molar refractivity (Wildman–Crippen MR) is 83.6 cm³/mol. The molecule has 4 heteroatoms. The van der Waals surface area contributed by atoms with Crippen molar-refractivity contribution in [2.75, 3.05) is 18.5 Å². The third-order valence-electron chi connectivity index (χ3n) is 4.09. The average Bonchev–Trinajstić information content (AvgIpc) is 2.91. The Morgan fingerprint density at radius 3 is 2.67 bits per heavy atom. The van der Waals surface area contributed by atoms with Crippen molar-refractivity contribution in [2.24, 2.45) is 0 Å². The Morgan fingerprint density at radius 2 is 1.81 bits per heavy atom. The van der Waals surface area contributed by atoms with Crippen molar-refractivity contribution >= 4 is 17.3 Å². The van der Waals surface area contributed by atoms with Gasteiger partial charge in [-0.2, -0.15) is 0 Å². The summed E-state index contributed by atoms with van der Waals surface area (Å²) >= 11 is 6.37. The standard InChI is InChI=1S/C17H16ClNO2/c18-13-9-16-17(21-8-7-20-16)10-15(13)19-14-6-5-11-3-1-2-4-12(11)14/h1-4,9-10,14,19H,5-8H2. The number of rotatable bonds is 2. The molecule has 2 aliphatic rings. The molecule has 0 amide bonds. The molecular formula is C17H16ClNO2. The van der Waals surface area contributed by atoms with Gasteiger partial charge >= 0.3 is 0 Å². The number of benzene rings is 2. The molecule has 0 radical (unpaired) electrons. The van der Waals surface area contributed by atoms with Gasteiger partial charge in [0.15, 0.2) is 11.5 Å². The first-order valence-corrected chi connectivity index (χ1v) is 7.62. The van der Waals surface area contributed by atoms with E-state index in [0.717, 1.165) is 30.0 Å². The molecule has 0 aromatic heterocycles. The largest absolute Gasteiger partial charge is 0.486 e. The lowest BCUT2D eigenvalue weighted by Crippen LogP contribution is -2.16. The lowest BCUT2D eigenvalue weighted by Gasteiger charge is -2.22. The first-order chi connectivity index (χ1) is 10.3. The lowest BCUT2D eigenvalue weighted by atomic mass is 10.1. The Kier molecular flexibility index (Phi) is 3.15. The van der Waals surface area contributed by atoms with Crippen LogP contribution in [0.2, 0.25) is 5.02 Å². The zero-order valence-corrected chi connectivity index (χ0v) is 12.3. The number of nitrogens with one attached hydrogen (secondary N) is 1. The highest BCUT2D eigenvalue weighted by molar-refractivity contribution is 6.33. The molecule has 0 saturated carbocycles. The normalized spacial score (nSPS) is 19.2. The number of hydrogen-bond acceptors (Lipinski definition) is 3. The summed E-state index contributed by atoms with van der Waals surface area (Å²) < 4.78 is 11.2. The first kappa shape index (κ1) is 12.8. The van der Waals surface area contributed by atoms with Crippen LogP contribution in [-0.2, 0) is 6.42 Å². The van der Waals surface area contributed by atoms with Gasteiger partial charge in [-0.25, -0.2) is 0 Å². The van der Waals surface area contributed by atoms with Crippen molar-refractivity contribution in [3.8, 4) is 11.5 Å². The summed E-state index contributed by atoms with van der Waals surface area (Å²) in [5.41, 5.74) is 3.69. The summed E-state index contributed by atoms with van der Waals surface area (Å²) in [7, 11) is 0. The number of halogens is 1. The van der Waals surface area contributed by atoms with E-state index in [1.807, 2.05) is 12.1 Å². The fourth-order valence-electron chi connectivity index (χ4n) is 3.07. The topological polar surface area (TPSA) is 30.5 Å². The van der Waals surface area contributed by atoms with E-state index in [9.17, 15) is 0 Å². The number of aryl methyl sites for hydroxylation is 1. The summed E-state index contributed by atoms with van der Waals surface area (Å²) in [6.07, 6.45) is 2.19. The molecule has 2 aromatic carbocycles. The van der Waals surface area contributed by atoms with Crippen LogP contribution in [0.25, 0.3) is 0 Å². The number of fused-ring (bicyclic) bond motifs is 2. The van der Waals surface area contributed by atoms with Crippen LogP contribution in [-0.4, -0.2) is 13.2 Å². The molecular weight excluding hydrogens is 286 g/mol. The minimum absolute atomic E-state index is 0.307. The van der Waals surface area contributed by atoms with Gasteiger partial charge in [0.1, 0.15) is 13.2 Å². The van der Waals surface area contributed by atoms with Gasteiger partial charge in [0, 0.05) is 12.1 Å². The van der Waals surface area contributed by atoms with Crippen LogP contribution < -0.4 is 14.8 Å². The lowest BCUT2D eigenvalue weighted by molar-refractivity contribution is 0.171. The van der Waals surface area contributed by atoms with Gasteiger partial charge in [0.2, 0.25) is 0 Å². The van der Waals surface area contributed by atoms with Gasteiger partial charge in [-0.1, -0.05) is 35.9 Å². The maximum absolute atomic E-state index is 6.37. The summed E-state index contributed by atoms with van der Waals surface area (Å²) in [6.45, 7) is 1.16. The van der Waals surface area contributed by atoms with Crippen molar-refractivity contribution in [1.29, 1.82) is 0 Å². The summed E-state index contributed by atoms with van der Waals surface area (Å²) in [4.78, 5) is 0. The fourth-order valence-corrected chi connectivity index (χ4v) is 3.28. The summed E-state index contributed by atoms with van der Waals surface area (Å²) in [6, 6.07) is 12.6. The van der Waals surface area contributed by atoms with Crippen molar-refractivity contribution in [3.63, 3.8) is 0 Å². The number of anilines is 1. The van der Waals surface area contributed by atoms with Gasteiger partial charge < -0.3 is 14.8 Å². The first-order valence-electron chi connectivity index (χ1n) is 7.25. The molecule has 1 N–H and O–H groups in total. The van der Waals surface area contributed by atoms with Gasteiger partial charge in [-0.05, 0) is 24.0 Å². The predicted octanol–water partition coefficient (Wildman–Crippen LogP) is 4.21. The van der Waals surface area contributed by atoms with E-state index in [1.165, 1.54) is 11.1 Å². The van der Waals surface area contributed by atoms with E-state index in [4.69, 9.17) is 21.1 Å². The van der Waals surface area contributed by atoms with Crippen LogP contribution in [0, 0.1) is 0 Å². The van der Waals surface area contributed by atoms with E-state index < -0.39 is 0 Å². The molecule has 0 saturated heterocycles. The molecule has 2 aromatic rings. The Balaban J connectivity index is 1.63. The van der Waals surface area contributed by atoms with Gasteiger partial charge in [0.05, 0.1) is 16.8 Å². The maximum Gasteiger partial charge on any atom is 0.163 e. The molecule has 0 bridgehead atoms. The van der Waals surface area contributed by atoms with Crippen LogP contribution in [0.3, 0.4) is 0 Å². The smallest absolute Gasteiger partial charge is 0.163 e. The van der Waals surface area contributed by atoms with Gasteiger partial charge in [-0.3, -0.25) is 0 Å². The second kappa shape index (κ2) is 5.15. The highest BCUT2D eigenvalue weighted by Crippen LogP contribution is 2.41. The van der Waals surface area contributed by atoms with E-state index in [0.29, 0.717) is 24.3 Å². The van der Waals surface area contributed by atoms with Gasteiger partial charge in [-0.15, -0.1) is 0 Å². The molecule has 0 fully saturated rings. The SMILES string of the molecule is Clc1cc2c(cc1NC1CCc3ccccc31)OCCO2. The highest BCUT2D eigenvalue weighted by Gasteiger charge is 2.23. The minimum atomic E-state index is 0.307. The Bertz CT molecular complexity index is 686. The zero-order chi connectivity index (χ0) is 14.2. The third-order valence-corrected chi connectivity index (χ3v) is 4.41. The van der Waals surface area contributed by atoms with Gasteiger partial charge in [0.25, 0.3) is 0 Å². The van der Waals surface area contributed by atoms with Crippen LogP contribution in [0.4, 0.5) is 5.69 Å². The molecule has 1 atom stereocenters. The van der Waals surface area contributed by atoms with Crippen molar-refractivity contribution in [2.45, 2.75) is 18.9 Å². The zero-order valence-electron chi connectivity index (χ0n) is 11.6. The fraction of sp³-hybridized carbons (Fsp3) is 0.294. The second-order valence-electron chi connectivity index (χ2n) is 5.41. The Hall–Kier alpha value is -1.87. The second-order valence-corrected chi connectivity index (χ2v) is 5.82. The number of hydrogen-bond donors (Lipinski definition) is 1. The Morgan fingerprint density at radius 1 is 1.05 bits per heavy atom. The molecule has 21 heavy (non-hydrogen) atoms. The van der Waals surface area contributed by atoms with Crippen molar-refractivity contribution in [3.05, 3.63) is 52.5 Å². The molecule has 1 aliphatic carbocycles. The molecule has 4 rings (SSSR count). The highest BCUT2D eigenvalue weighted by atomic mass is 35.5. The molecule has 1 heterocycles. The molecule has 108 valence electrons. The van der Waals surface area contributed by atoms with Crippen LogP contribution >= 0.6 is 11.6 Å². The molecule has 3 nitrogen and oxygen atoms in total. The third kappa shape index (κ3) is 2.32. The average molecular weight is 302 g/mol. The van der Waals surface area contributed by atoms with Crippen molar-refractivity contribution < 1.29 is 9.47 Å². The van der Waals surface area contributed by atoms with E-state index >= 15 is 0 Å². The monoisotopic (exact) mass is 301 g/mol. The number of ether oxygens (including phenoxy) is 2. The van der Waals surface area contributed by atoms with Crippen LogP contribution in [0.5, 0.6) is 11.5 Å². The van der Waals surface area contributed by atoms with Crippen LogP contribution in [0.15, 0.2) is 36.4 Å². The Labute approximate surface area is 128 Å².